The van der Waals surface area contributed by atoms with Gasteiger partial charge in [-0.05, 0) is 0 Å². The molecule has 0 bridgehead atoms. The van der Waals surface area contributed by atoms with Crippen molar-refractivity contribution in [3.05, 3.63) is 22.5 Å². The van der Waals surface area contributed by atoms with Gasteiger partial charge in [0.15, 0.2) is 5.69 Å². The molecule has 0 spiro atoms. The SMILES string of the molecule is N#Cc1ncc(C(F)F)c(N)c1Cl. The minimum atomic E-state index is -2.74. The molecule has 0 unspecified atom stereocenters. The normalized spacial score (nSPS) is 10.1. The van der Waals surface area contributed by atoms with Crippen LogP contribution in [0.4, 0.5) is 14.5 Å². The Morgan fingerprint density at radius 3 is 2.69 bits per heavy atom. The average molecular weight is 204 g/mol. The van der Waals surface area contributed by atoms with E-state index in [1.807, 2.05) is 0 Å². The topological polar surface area (TPSA) is 62.7 Å². The molecule has 0 fully saturated rings. The minimum absolute atomic E-state index is 0.149. The fraction of sp³-hybridized carbons (Fsp3) is 0.143. The second-order valence-electron chi connectivity index (χ2n) is 2.20. The van der Waals surface area contributed by atoms with Crippen molar-refractivity contribution in [2.45, 2.75) is 6.43 Å². The smallest absolute Gasteiger partial charge is 0.267 e. The van der Waals surface area contributed by atoms with E-state index in [0.717, 1.165) is 6.20 Å². The molecular formula is C7H4ClF2N3. The van der Waals surface area contributed by atoms with E-state index < -0.39 is 12.0 Å². The van der Waals surface area contributed by atoms with Crippen LogP contribution in [-0.4, -0.2) is 4.98 Å². The van der Waals surface area contributed by atoms with Crippen molar-refractivity contribution in [2.24, 2.45) is 0 Å². The molecule has 0 radical (unpaired) electrons. The third-order valence-electron chi connectivity index (χ3n) is 1.43. The lowest BCUT2D eigenvalue weighted by Crippen LogP contribution is -1.99. The van der Waals surface area contributed by atoms with E-state index >= 15 is 0 Å². The molecule has 1 rings (SSSR count). The lowest BCUT2D eigenvalue weighted by atomic mass is 10.2. The first kappa shape index (κ1) is 9.68. The van der Waals surface area contributed by atoms with Gasteiger partial charge in [-0.3, -0.25) is 0 Å². The van der Waals surface area contributed by atoms with Crippen LogP contribution in [0.5, 0.6) is 0 Å². The summed E-state index contributed by atoms with van der Waals surface area (Å²) in [7, 11) is 0. The maximum absolute atomic E-state index is 12.2. The first-order chi connectivity index (χ1) is 6.07. The third kappa shape index (κ3) is 1.68. The number of hydrogen-bond acceptors (Lipinski definition) is 3. The van der Waals surface area contributed by atoms with Crippen LogP contribution in [0, 0.1) is 11.3 Å². The molecule has 1 aromatic rings. The van der Waals surface area contributed by atoms with E-state index in [-0.39, 0.29) is 16.4 Å². The molecule has 0 aliphatic heterocycles. The van der Waals surface area contributed by atoms with Gasteiger partial charge in [0.1, 0.15) is 11.1 Å². The summed E-state index contributed by atoms with van der Waals surface area (Å²) in [5.74, 6) is 0. The number of nitrogens with zero attached hydrogens (tertiary/aromatic N) is 2. The van der Waals surface area contributed by atoms with Crippen molar-refractivity contribution >= 4 is 17.3 Å². The number of anilines is 1. The van der Waals surface area contributed by atoms with Gasteiger partial charge in [-0.2, -0.15) is 5.26 Å². The summed E-state index contributed by atoms with van der Waals surface area (Å²) in [5, 5.41) is 8.21. The number of alkyl halides is 2. The Morgan fingerprint density at radius 1 is 1.62 bits per heavy atom. The van der Waals surface area contributed by atoms with Crippen LogP contribution in [0.3, 0.4) is 0 Å². The van der Waals surface area contributed by atoms with Gasteiger partial charge in [0.05, 0.1) is 11.3 Å². The Morgan fingerprint density at radius 2 is 2.23 bits per heavy atom. The molecule has 0 atom stereocenters. The van der Waals surface area contributed by atoms with E-state index in [0.29, 0.717) is 0 Å². The van der Waals surface area contributed by atoms with Crippen molar-refractivity contribution in [3.8, 4) is 6.07 Å². The highest BCUT2D eigenvalue weighted by Crippen LogP contribution is 2.31. The summed E-state index contributed by atoms with van der Waals surface area (Å²) in [4.78, 5) is 3.43. The Hall–Kier alpha value is -1.41. The molecule has 1 aromatic heterocycles. The maximum atomic E-state index is 12.2. The molecule has 0 aliphatic rings. The molecule has 13 heavy (non-hydrogen) atoms. The van der Waals surface area contributed by atoms with Gasteiger partial charge >= 0.3 is 0 Å². The molecule has 2 N–H and O–H groups in total. The fourth-order valence-electron chi connectivity index (χ4n) is 0.766. The second kappa shape index (κ2) is 3.54. The molecule has 0 saturated carbocycles. The molecule has 0 saturated heterocycles. The van der Waals surface area contributed by atoms with Crippen LogP contribution in [0.2, 0.25) is 5.02 Å². The average Bonchev–Trinajstić information content (AvgIpc) is 2.09. The number of halogens is 3. The minimum Gasteiger partial charge on any atom is -0.397 e. The van der Waals surface area contributed by atoms with Gasteiger partial charge < -0.3 is 5.73 Å². The summed E-state index contributed by atoms with van der Waals surface area (Å²) in [5.41, 5.74) is 4.36. The Kier molecular flexibility index (Phi) is 2.63. The zero-order chi connectivity index (χ0) is 10.0. The Bertz CT molecular complexity index is 373. The highest BCUT2D eigenvalue weighted by atomic mass is 35.5. The summed E-state index contributed by atoms with van der Waals surface area (Å²) >= 11 is 5.50. The number of nitriles is 1. The number of rotatable bonds is 1. The summed E-state index contributed by atoms with van der Waals surface area (Å²) in [6, 6.07) is 1.63. The van der Waals surface area contributed by atoms with Gasteiger partial charge in [-0.1, -0.05) is 11.6 Å². The lowest BCUT2D eigenvalue weighted by molar-refractivity contribution is 0.152. The number of hydrogen-bond donors (Lipinski definition) is 1. The van der Waals surface area contributed by atoms with Crippen LogP contribution in [0.15, 0.2) is 6.20 Å². The maximum Gasteiger partial charge on any atom is 0.267 e. The van der Waals surface area contributed by atoms with Gasteiger partial charge in [-0.15, -0.1) is 0 Å². The van der Waals surface area contributed by atoms with Crippen molar-refractivity contribution < 1.29 is 8.78 Å². The lowest BCUT2D eigenvalue weighted by Gasteiger charge is -2.05. The number of pyridine rings is 1. The molecule has 0 amide bonds. The van der Waals surface area contributed by atoms with Gasteiger partial charge in [0.2, 0.25) is 0 Å². The predicted octanol–water partition coefficient (Wildman–Crippen LogP) is 2.13. The highest BCUT2D eigenvalue weighted by Gasteiger charge is 2.16. The van der Waals surface area contributed by atoms with Crippen molar-refractivity contribution in [1.82, 2.24) is 4.98 Å². The molecule has 0 aliphatic carbocycles. The standard InChI is InChI=1S/C7H4ClF2N3/c8-5-4(1-11)13-2-3(6(5)12)7(9)10/h2,7H,(H2,12,13). The molecule has 3 nitrogen and oxygen atoms in total. The molecule has 0 aromatic carbocycles. The summed E-state index contributed by atoms with van der Waals surface area (Å²) in [6.07, 6.45) is -1.89. The Balaban J connectivity index is 3.33. The third-order valence-corrected chi connectivity index (χ3v) is 1.81. The Labute approximate surface area is 77.7 Å². The number of aromatic nitrogens is 1. The van der Waals surface area contributed by atoms with Crippen LogP contribution in [0.1, 0.15) is 17.7 Å². The largest absolute Gasteiger partial charge is 0.397 e. The van der Waals surface area contributed by atoms with E-state index in [4.69, 9.17) is 22.6 Å². The van der Waals surface area contributed by atoms with Crippen LogP contribution in [0.25, 0.3) is 0 Å². The summed E-state index contributed by atoms with van der Waals surface area (Å²) < 4.78 is 24.4. The first-order valence-electron chi connectivity index (χ1n) is 3.20. The number of nitrogen functional groups attached to an aromatic ring is 1. The second-order valence-corrected chi connectivity index (χ2v) is 2.58. The predicted molar refractivity (Wildman–Crippen MR) is 43.3 cm³/mol. The monoisotopic (exact) mass is 203 g/mol. The van der Waals surface area contributed by atoms with E-state index in [1.54, 1.807) is 6.07 Å². The van der Waals surface area contributed by atoms with Crippen molar-refractivity contribution in [3.63, 3.8) is 0 Å². The van der Waals surface area contributed by atoms with Crippen LogP contribution < -0.4 is 5.73 Å². The molecule has 6 heteroatoms. The molecule has 68 valence electrons. The fourth-order valence-corrected chi connectivity index (χ4v) is 0.967. The van der Waals surface area contributed by atoms with Gasteiger partial charge in [-0.25, -0.2) is 13.8 Å². The van der Waals surface area contributed by atoms with Gasteiger partial charge in [0.25, 0.3) is 6.43 Å². The molecule has 1 heterocycles. The summed E-state index contributed by atoms with van der Waals surface area (Å²) in [6.45, 7) is 0. The van der Waals surface area contributed by atoms with Crippen molar-refractivity contribution in [1.29, 1.82) is 5.26 Å². The zero-order valence-corrected chi connectivity index (χ0v) is 7.02. The van der Waals surface area contributed by atoms with Crippen LogP contribution >= 0.6 is 11.6 Å². The highest BCUT2D eigenvalue weighted by molar-refractivity contribution is 6.34. The van der Waals surface area contributed by atoms with Crippen LogP contribution in [-0.2, 0) is 0 Å². The van der Waals surface area contributed by atoms with Crippen molar-refractivity contribution in [2.75, 3.05) is 5.73 Å². The van der Waals surface area contributed by atoms with Gasteiger partial charge in [0, 0.05) is 6.20 Å². The van der Waals surface area contributed by atoms with E-state index in [9.17, 15) is 8.78 Å². The molecular weight excluding hydrogens is 200 g/mol. The quantitative estimate of drug-likeness (QED) is 0.761. The van der Waals surface area contributed by atoms with E-state index in [1.165, 1.54) is 0 Å². The van der Waals surface area contributed by atoms with E-state index in [2.05, 4.69) is 4.98 Å². The number of nitrogens with two attached hydrogens (primary N) is 1. The first-order valence-corrected chi connectivity index (χ1v) is 3.57. The zero-order valence-electron chi connectivity index (χ0n) is 6.26.